The molecule has 2 aliphatic heterocycles. The van der Waals surface area contributed by atoms with Gasteiger partial charge in [0.25, 0.3) is 0 Å². The maximum Gasteiger partial charge on any atom is 0.222 e. The summed E-state index contributed by atoms with van der Waals surface area (Å²) in [6, 6.07) is 11.0. The van der Waals surface area contributed by atoms with Crippen molar-refractivity contribution in [3.63, 3.8) is 0 Å². The maximum absolute atomic E-state index is 6.26. The summed E-state index contributed by atoms with van der Waals surface area (Å²) in [7, 11) is 4.15. The van der Waals surface area contributed by atoms with E-state index in [9.17, 15) is 0 Å². The number of hydrogen-bond donors (Lipinski definition) is 1. The first-order valence-corrected chi connectivity index (χ1v) is 9.78. The van der Waals surface area contributed by atoms with Crippen LogP contribution in [-0.4, -0.2) is 60.3 Å². The van der Waals surface area contributed by atoms with E-state index in [0.717, 1.165) is 45.5 Å². The molecule has 1 N–H and O–H groups in total. The van der Waals surface area contributed by atoms with E-state index >= 15 is 0 Å². The lowest BCUT2D eigenvalue weighted by atomic mass is 9.87. The summed E-state index contributed by atoms with van der Waals surface area (Å²) in [5, 5.41) is 3.41. The van der Waals surface area contributed by atoms with Crippen LogP contribution in [0.4, 0.5) is 11.6 Å². The molecule has 0 radical (unpaired) electrons. The fourth-order valence-corrected chi connectivity index (χ4v) is 4.12. The Labute approximate surface area is 161 Å². The minimum Gasteiger partial charge on any atom is -0.378 e. The normalized spacial score (nSPS) is 22.1. The minimum atomic E-state index is 0.0255. The van der Waals surface area contributed by atoms with E-state index in [2.05, 4.69) is 63.4 Å². The van der Waals surface area contributed by atoms with Crippen molar-refractivity contribution in [1.29, 1.82) is 0 Å². The Morgan fingerprint density at radius 3 is 2.52 bits per heavy atom. The Morgan fingerprint density at radius 1 is 1.15 bits per heavy atom. The van der Waals surface area contributed by atoms with Gasteiger partial charge in [0.2, 0.25) is 5.95 Å². The summed E-state index contributed by atoms with van der Waals surface area (Å²) in [5.74, 6) is 0.696. The van der Waals surface area contributed by atoms with Crippen LogP contribution in [0.25, 0.3) is 0 Å². The van der Waals surface area contributed by atoms with Crippen molar-refractivity contribution >= 4 is 11.6 Å². The van der Waals surface area contributed by atoms with Crippen molar-refractivity contribution in [3.8, 4) is 0 Å². The van der Waals surface area contributed by atoms with Crippen LogP contribution >= 0.6 is 0 Å². The lowest BCUT2D eigenvalue weighted by Gasteiger charge is -2.38. The number of anilines is 2. The Hall–Kier alpha value is -2.18. The molecular weight excluding hydrogens is 338 g/mol. The standard InChI is InChI=1S/C21H29N5O/c1-25(2)19-6-4-17(5-7-19)15-26-12-8-21(9-13-26)14-18(16-27-21)24-20-22-10-3-11-23-20/h3-7,10-11,18H,8-9,12-16H2,1-2H3,(H,22,23,24)/t18-/m0/s1. The zero-order valence-electron chi connectivity index (χ0n) is 16.3. The molecule has 27 heavy (non-hydrogen) atoms. The van der Waals surface area contributed by atoms with Gasteiger partial charge in [0.1, 0.15) is 0 Å². The second-order valence-corrected chi connectivity index (χ2v) is 7.95. The van der Waals surface area contributed by atoms with Gasteiger partial charge < -0.3 is 15.0 Å². The third-order valence-corrected chi connectivity index (χ3v) is 5.73. The molecule has 6 heteroatoms. The number of nitrogens with one attached hydrogen (secondary N) is 1. The van der Waals surface area contributed by atoms with Crippen molar-refractivity contribution < 1.29 is 4.74 Å². The highest BCUT2D eigenvalue weighted by molar-refractivity contribution is 5.46. The molecule has 1 aromatic carbocycles. The van der Waals surface area contributed by atoms with Gasteiger partial charge in [-0.1, -0.05) is 12.1 Å². The summed E-state index contributed by atoms with van der Waals surface area (Å²) in [6.45, 7) is 3.93. The van der Waals surface area contributed by atoms with Gasteiger partial charge in [-0.05, 0) is 43.0 Å². The van der Waals surface area contributed by atoms with Gasteiger partial charge in [0, 0.05) is 51.8 Å². The number of aromatic nitrogens is 2. The van der Waals surface area contributed by atoms with Gasteiger partial charge in [0.15, 0.2) is 0 Å². The molecule has 0 amide bonds. The van der Waals surface area contributed by atoms with Crippen molar-refractivity contribution in [2.45, 2.75) is 37.5 Å². The number of ether oxygens (including phenoxy) is 1. The second kappa shape index (κ2) is 7.82. The summed E-state index contributed by atoms with van der Waals surface area (Å²) >= 11 is 0. The Bertz CT molecular complexity index is 726. The summed E-state index contributed by atoms with van der Waals surface area (Å²) in [6.07, 6.45) is 6.76. The number of rotatable bonds is 5. The van der Waals surface area contributed by atoms with Crippen LogP contribution < -0.4 is 10.2 Å². The van der Waals surface area contributed by atoms with E-state index < -0.39 is 0 Å². The van der Waals surface area contributed by atoms with E-state index in [0.29, 0.717) is 12.0 Å². The molecule has 3 heterocycles. The molecule has 0 unspecified atom stereocenters. The van der Waals surface area contributed by atoms with Crippen LogP contribution in [0.1, 0.15) is 24.8 Å². The topological polar surface area (TPSA) is 53.5 Å². The van der Waals surface area contributed by atoms with E-state index in [1.165, 1.54) is 11.3 Å². The fourth-order valence-electron chi connectivity index (χ4n) is 4.12. The number of benzene rings is 1. The molecule has 2 saturated heterocycles. The van der Waals surface area contributed by atoms with E-state index in [1.54, 1.807) is 12.4 Å². The summed E-state index contributed by atoms with van der Waals surface area (Å²) in [4.78, 5) is 13.2. The zero-order chi connectivity index (χ0) is 18.7. The van der Waals surface area contributed by atoms with Gasteiger partial charge in [-0.15, -0.1) is 0 Å². The highest BCUT2D eigenvalue weighted by atomic mass is 16.5. The van der Waals surface area contributed by atoms with E-state index in [4.69, 9.17) is 4.74 Å². The third kappa shape index (κ3) is 4.39. The van der Waals surface area contributed by atoms with Gasteiger partial charge >= 0.3 is 0 Å². The average molecular weight is 367 g/mol. The second-order valence-electron chi connectivity index (χ2n) is 7.95. The first-order valence-electron chi connectivity index (χ1n) is 9.78. The highest BCUT2D eigenvalue weighted by Gasteiger charge is 2.42. The fraction of sp³-hybridized carbons (Fsp3) is 0.524. The van der Waals surface area contributed by atoms with E-state index in [1.807, 2.05) is 6.07 Å². The SMILES string of the molecule is CN(C)c1ccc(CN2CCC3(CC2)C[C@H](Nc2ncccn2)CO3)cc1. The number of hydrogen-bond acceptors (Lipinski definition) is 6. The lowest BCUT2D eigenvalue weighted by Crippen LogP contribution is -2.44. The van der Waals surface area contributed by atoms with Crippen LogP contribution in [0.3, 0.4) is 0 Å². The quantitative estimate of drug-likeness (QED) is 0.877. The van der Waals surface area contributed by atoms with Gasteiger partial charge in [-0.25, -0.2) is 9.97 Å². The number of nitrogens with zero attached hydrogens (tertiary/aromatic N) is 4. The molecular formula is C21H29N5O. The molecule has 2 aliphatic rings. The molecule has 0 aliphatic carbocycles. The van der Waals surface area contributed by atoms with Crippen molar-refractivity contribution in [2.75, 3.05) is 44.0 Å². The molecule has 0 saturated carbocycles. The minimum absolute atomic E-state index is 0.0255. The molecule has 144 valence electrons. The molecule has 4 rings (SSSR count). The zero-order valence-corrected chi connectivity index (χ0v) is 16.3. The first-order chi connectivity index (χ1) is 13.1. The number of piperidine rings is 1. The Morgan fingerprint density at radius 2 is 1.85 bits per heavy atom. The van der Waals surface area contributed by atoms with Crippen LogP contribution in [0, 0.1) is 0 Å². The van der Waals surface area contributed by atoms with Crippen molar-refractivity contribution in [3.05, 3.63) is 48.3 Å². The number of likely N-dealkylation sites (tertiary alicyclic amines) is 1. The Kier molecular flexibility index (Phi) is 5.27. The average Bonchev–Trinajstić information content (AvgIpc) is 3.07. The molecule has 1 aromatic heterocycles. The lowest BCUT2D eigenvalue weighted by molar-refractivity contribution is -0.0448. The van der Waals surface area contributed by atoms with Crippen molar-refractivity contribution in [2.24, 2.45) is 0 Å². The van der Waals surface area contributed by atoms with Gasteiger partial charge in [-0.3, -0.25) is 4.90 Å². The molecule has 2 aromatic rings. The predicted octanol–water partition coefficient (Wildman–Crippen LogP) is 2.78. The van der Waals surface area contributed by atoms with Crippen molar-refractivity contribution in [1.82, 2.24) is 14.9 Å². The highest BCUT2D eigenvalue weighted by Crippen LogP contribution is 2.37. The van der Waals surface area contributed by atoms with Crippen LogP contribution in [0.15, 0.2) is 42.7 Å². The summed E-state index contributed by atoms with van der Waals surface area (Å²) in [5.41, 5.74) is 2.65. The third-order valence-electron chi connectivity index (χ3n) is 5.73. The maximum atomic E-state index is 6.26. The molecule has 0 bridgehead atoms. The van der Waals surface area contributed by atoms with E-state index in [-0.39, 0.29) is 5.60 Å². The van der Waals surface area contributed by atoms with Crippen LogP contribution in [0.2, 0.25) is 0 Å². The molecule has 6 nitrogen and oxygen atoms in total. The Balaban J connectivity index is 1.27. The molecule has 1 spiro atoms. The predicted molar refractivity (Wildman–Crippen MR) is 108 cm³/mol. The first kappa shape index (κ1) is 18.2. The van der Waals surface area contributed by atoms with Crippen LogP contribution in [-0.2, 0) is 11.3 Å². The van der Waals surface area contributed by atoms with Crippen LogP contribution in [0.5, 0.6) is 0 Å². The van der Waals surface area contributed by atoms with Gasteiger partial charge in [0.05, 0.1) is 18.2 Å². The summed E-state index contributed by atoms with van der Waals surface area (Å²) < 4.78 is 6.26. The van der Waals surface area contributed by atoms with Gasteiger partial charge in [-0.2, -0.15) is 0 Å². The smallest absolute Gasteiger partial charge is 0.222 e. The molecule has 2 fully saturated rings. The molecule has 1 atom stereocenters. The largest absolute Gasteiger partial charge is 0.378 e. The monoisotopic (exact) mass is 367 g/mol.